The molecule has 1 aliphatic rings. The Morgan fingerprint density at radius 3 is 3.10 bits per heavy atom. The van der Waals surface area contributed by atoms with Crippen molar-refractivity contribution < 1.29 is 0 Å². The smallest absolute Gasteiger partial charge is 0.145 e. The summed E-state index contributed by atoms with van der Waals surface area (Å²) in [6.07, 6.45) is 9.50. The fourth-order valence-electron chi connectivity index (χ4n) is 2.52. The van der Waals surface area contributed by atoms with E-state index in [0.717, 1.165) is 40.3 Å². The van der Waals surface area contributed by atoms with Crippen LogP contribution in [0.5, 0.6) is 0 Å². The first-order valence-corrected chi connectivity index (χ1v) is 7.70. The lowest BCUT2D eigenvalue weighted by molar-refractivity contribution is 0.987. The Kier molecular flexibility index (Phi) is 2.92. The topological polar surface area (TPSA) is 73.5 Å². The van der Waals surface area contributed by atoms with E-state index in [1.54, 1.807) is 6.33 Å². The van der Waals surface area contributed by atoms with Crippen molar-refractivity contribution in [3.05, 3.63) is 42.2 Å². The largest absolute Gasteiger partial charge is 0.346 e. The number of aromatic nitrogens is 5. The van der Waals surface area contributed by atoms with Crippen LogP contribution in [0.15, 0.2) is 31.1 Å². The number of thioether (sulfide) groups is 1. The van der Waals surface area contributed by atoms with Crippen LogP contribution >= 0.6 is 11.8 Å². The predicted octanol–water partition coefficient (Wildman–Crippen LogP) is 2.54. The molecular formula is C14H14N6S. The van der Waals surface area contributed by atoms with Gasteiger partial charge in [-0.25, -0.2) is 9.97 Å². The van der Waals surface area contributed by atoms with E-state index >= 15 is 0 Å². The number of fused-ring (bicyclic) bond motifs is 1. The molecule has 6 nitrogen and oxygen atoms in total. The summed E-state index contributed by atoms with van der Waals surface area (Å²) in [7, 11) is 0. The summed E-state index contributed by atoms with van der Waals surface area (Å²) in [5, 5.41) is 7.98. The van der Waals surface area contributed by atoms with Crippen LogP contribution in [-0.2, 0) is 0 Å². The minimum atomic E-state index is 0.883. The van der Waals surface area contributed by atoms with Crippen LogP contribution in [0.1, 0.15) is 11.1 Å². The summed E-state index contributed by atoms with van der Waals surface area (Å²) in [6.45, 7) is 3.01. The molecule has 0 aliphatic carbocycles. The van der Waals surface area contributed by atoms with Crippen molar-refractivity contribution in [1.82, 2.24) is 25.1 Å². The summed E-state index contributed by atoms with van der Waals surface area (Å²) in [4.78, 5) is 15.4. The number of hydrogen-bond acceptors (Lipinski definition) is 5. The lowest BCUT2D eigenvalue weighted by Gasteiger charge is -2.25. The van der Waals surface area contributed by atoms with Crippen LogP contribution in [0.4, 0.5) is 5.82 Å². The van der Waals surface area contributed by atoms with Crippen molar-refractivity contribution in [2.45, 2.75) is 6.92 Å². The van der Waals surface area contributed by atoms with Crippen LogP contribution in [-0.4, -0.2) is 37.4 Å². The van der Waals surface area contributed by atoms with Gasteiger partial charge in [0.1, 0.15) is 17.8 Å². The van der Waals surface area contributed by atoms with Gasteiger partial charge in [-0.2, -0.15) is 5.10 Å². The normalized spacial score (nSPS) is 15.5. The second-order valence-corrected chi connectivity index (χ2v) is 6.05. The average Bonchev–Trinajstić information content (AvgIpc) is 3.18. The first kappa shape index (κ1) is 12.5. The van der Waals surface area contributed by atoms with Crippen molar-refractivity contribution in [2.75, 3.05) is 17.2 Å². The van der Waals surface area contributed by atoms with Crippen molar-refractivity contribution in [1.29, 1.82) is 0 Å². The fraction of sp³-hybridized carbons (Fsp3) is 0.214. The molecule has 4 rings (SSSR count). The Hall–Kier alpha value is -2.28. The molecule has 0 unspecified atom stereocenters. The molecule has 21 heavy (non-hydrogen) atoms. The van der Waals surface area contributed by atoms with Crippen molar-refractivity contribution in [2.24, 2.45) is 0 Å². The van der Waals surface area contributed by atoms with E-state index in [1.807, 2.05) is 30.4 Å². The number of aromatic amines is 2. The molecule has 2 N–H and O–H groups in total. The molecule has 3 aromatic heterocycles. The maximum Gasteiger partial charge on any atom is 0.145 e. The number of H-pyrrole nitrogens is 2. The van der Waals surface area contributed by atoms with E-state index in [9.17, 15) is 0 Å². The zero-order valence-electron chi connectivity index (χ0n) is 11.5. The predicted molar refractivity (Wildman–Crippen MR) is 85.0 cm³/mol. The van der Waals surface area contributed by atoms with Gasteiger partial charge in [0.05, 0.1) is 11.6 Å². The van der Waals surface area contributed by atoms with Gasteiger partial charge in [0, 0.05) is 41.4 Å². The van der Waals surface area contributed by atoms with Crippen LogP contribution < -0.4 is 4.90 Å². The number of aryl methyl sites for hydroxylation is 1. The van der Waals surface area contributed by atoms with Gasteiger partial charge in [-0.1, -0.05) is 0 Å². The highest BCUT2D eigenvalue weighted by Gasteiger charge is 2.19. The standard InChI is InChI=1S/C14H14N6S/c1-9-4-15-13-12(9)14(17-8-16-13)20-2-3-21-11(7-20)10-5-18-19-6-10/h4-8H,2-3H2,1H3,(H,18,19)(H,15,16,17). The highest BCUT2D eigenvalue weighted by molar-refractivity contribution is 8.08. The van der Waals surface area contributed by atoms with Gasteiger partial charge in [-0.05, 0) is 12.5 Å². The minimum absolute atomic E-state index is 0.883. The molecule has 0 amide bonds. The maximum atomic E-state index is 4.50. The van der Waals surface area contributed by atoms with Crippen molar-refractivity contribution in [3.8, 4) is 0 Å². The van der Waals surface area contributed by atoms with Gasteiger partial charge >= 0.3 is 0 Å². The fourth-order valence-corrected chi connectivity index (χ4v) is 3.51. The Balaban J connectivity index is 1.81. The van der Waals surface area contributed by atoms with Crippen molar-refractivity contribution >= 4 is 33.5 Å². The Morgan fingerprint density at radius 2 is 2.24 bits per heavy atom. The number of nitrogens with one attached hydrogen (secondary N) is 2. The van der Waals surface area contributed by atoms with E-state index in [1.165, 1.54) is 4.91 Å². The molecule has 3 aromatic rings. The Morgan fingerprint density at radius 1 is 1.29 bits per heavy atom. The van der Waals surface area contributed by atoms with E-state index in [-0.39, 0.29) is 0 Å². The van der Waals surface area contributed by atoms with E-state index < -0.39 is 0 Å². The third-order valence-electron chi connectivity index (χ3n) is 3.56. The molecule has 4 heterocycles. The van der Waals surface area contributed by atoms with Gasteiger partial charge in [-0.3, -0.25) is 5.10 Å². The maximum absolute atomic E-state index is 4.50. The molecule has 0 saturated heterocycles. The van der Waals surface area contributed by atoms with Crippen molar-refractivity contribution in [3.63, 3.8) is 0 Å². The third-order valence-corrected chi connectivity index (χ3v) is 4.60. The molecule has 0 aromatic carbocycles. The lowest BCUT2D eigenvalue weighted by atomic mass is 10.2. The van der Waals surface area contributed by atoms with Crippen LogP contribution in [0, 0.1) is 6.92 Å². The molecular weight excluding hydrogens is 284 g/mol. The highest BCUT2D eigenvalue weighted by atomic mass is 32.2. The zero-order valence-corrected chi connectivity index (χ0v) is 12.3. The Labute approximate surface area is 125 Å². The first-order chi connectivity index (χ1) is 10.3. The summed E-state index contributed by atoms with van der Waals surface area (Å²) in [6, 6.07) is 0. The van der Waals surface area contributed by atoms with Crippen LogP contribution in [0.2, 0.25) is 0 Å². The SMILES string of the molecule is Cc1c[nH]c2ncnc(N3C=C(c4cn[nH]c4)SCC3)c12. The quantitative estimate of drug-likeness (QED) is 0.760. The van der Waals surface area contributed by atoms with Gasteiger partial charge in [0.25, 0.3) is 0 Å². The number of rotatable bonds is 2. The highest BCUT2D eigenvalue weighted by Crippen LogP contribution is 2.34. The molecule has 1 aliphatic heterocycles. The molecule has 0 saturated carbocycles. The summed E-state index contributed by atoms with van der Waals surface area (Å²) >= 11 is 1.84. The molecule has 0 atom stereocenters. The average molecular weight is 298 g/mol. The molecule has 7 heteroatoms. The molecule has 0 bridgehead atoms. The summed E-state index contributed by atoms with van der Waals surface area (Å²) in [5.74, 6) is 1.98. The van der Waals surface area contributed by atoms with Crippen LogP contribution in [0.3, 0.4) is 0 Å². The summed E-state index contributed by atoms with van der Waals surface area (Å²) in [5.41, 5.74) is 3.16. The van der Waals surface area contributed by atoms with Gasteiger partial charge in [-0.15, -0.1) is 11.8 Å². The monoisotopic (exact) mass is 298 g/mol. The van der Waals surface area contributed by atoms with Gasteiger partial charge < -0.3 is 9.88 Å². The number of hydrogen-bond donors (Lipinski definition) is 2. The molecule has 0 spiro atoms. The second kappa shape index (κ2) is 4.92. The number of anilines is 1. The van der Waals surface area contributed by atoms with Gasteiger partial charge in [0.2, 0.25) is 0 Å². The van der Waals surface area contributed by atoms with E-state index in [4.69, 9.17) is 0 Å². The zero-order chi connectivity index (χ0) is 14.2. The van der Waals surface area contributed by atoms with E-state index in [2.05, 4.69) is 43.2 Å². The third kappa shape index (κ3) is 2.09. The Bertz CT molecular complexity index is 804. The van der Waals surface area contributed by atoms with E-state index in [0.29, 0.717) is 0 Å². The van der Waals surface area contributed by atoms with Crippen LogP contribution in [0.25, 0.3) is 15.9 Å². The lowest BCUT2D eigenvalue weighted by Crippen LogP contribution is -2.24. The molecule has 0 radical (unpaired) electrons. The number of nitrogens with zero attached hydrogens (tertiary/aromatic N) is 4. The summed E-state index contributed by atoms with van der Waals surface area (Å²) < 4.78 is 0. The first-order valence-electron chi connectivity index (χ1n) is 6.72. The molecule has 106 valence electrons. The minimum Gasteiger partial charge on any atom is -0.346 e. The second-order valence-electron chi connectivity index (χ2n) is 4.91. The molecule has 0 fully saturated rings. The van der Waals surface area contributed by atoms with Gasteiger partial charge in [0.15, 0.2) is 0 Å².